The zero-order chi connectivity index (χ0) is 18.3. The monoisotopic (exact) mass is 367 g/mol. The van der Waals surface area contributed by atoms with Gasteiger partial charge in [-0.25, -0.2) is 4.79 Å². The lowest BCUT2D eigenvalue weighted by atomic mass is 9.70. The van der Waals surface area contributed by atoms with Crippen LogP contribution in [0.1, 0.15) is 51.8 Å². The number of methoxy groups -OCH3 is 1. The Morgan fingerprint density at radius 1 is 1.19 bits per heavy atom. The van der Waals surface area contributed by atoms with Crippen molar-refractivity contribution in [3.05, 3.63) is 75.8 Å². The van der Waals surface area contributed by atoms with Crippen LogP contribution in [0.25, 0.3) is 0 Å². The molecule has 0 unspecified atom stereocenters. The van der Waals surface area contributed by atoms with Gasteiger partial charge in [0.1, 0.15) is 0 Å². The van der Waals surface area contributed by atoms with E-state index in [0.29, 0.717) is 17.4 Å². The van der Waals surface area contributed by atoms with Crippen molar-refractivity contribution in [1.29, 1.82) is 0 Å². The van der Waals surface area contributed by atoms with Gasteiger partial charge in [-0.2, -0.15) is 0 Å². The number of hydrogen-bond donors (Lipinski definition) is 1. The van der Waals surface area contributed by atoms with Gasteiger partial charge in [-0.15, -0.1) is 0 Å². The number of ether oxygens (including phenoxy) is 1. The SMILES string of the molecule is COC(=O)c1ccc([C@H]2Nc3ccc(Cl)cc3[C@@H]3C=CCC[C@H]23)c(C)c1. The lowest BCUT2D eigenvalue weighted by Gasteiger charge is -2.42. The summed E-state index contributed by atoms with van der Waals surface area (Å²) >= 11 is 6.25. The molecule has 0 spiro atoms. The first-order valence-electron chi connectivity index (χ1n) is 9.00. The van der Waals surface area contributed by atoms with Gasteiger partial charge >= 0.3 is 5.97 Å². The second kappa shape index (κ2) is 6.81. The molecule has 0 aromatic heterocycles. The smallest absolute Gasteiger partial charge is 0.337 e. The van der Waals surface area contributed by atoms with Gasteiger partial charge in [0.25, 0.3) is 0 Å². The number of fused-ring (bicyclic) bond motifs is 3. The van der Waals surface area contributed by atoms with Crippen molar-refractivity contribution in [2.24, 2.45) is 5.92 Å². The molecule has 0 fully saturated rings. The van der Waals surface area contributed by atoms with E-state index in [9.17, 15) is 4.79 Å². The fourth-order valence-electron chi connectivity index (χ4n) is 4.36. The van der Waals surface area contributed by atoms with Crippen LogP contribution in [0, 0.1) is 12.8 Å². The third-order valence-electron chi connectivity index (χ3n) is 5.61. The number of carbonyl (C=O) groups excluding carboxylic acids is 1. The molecular weight excluding hydrogens is 346 g/mol. The molecule has 0 amide bonds. The van der Waals surface area contributed by atoms with Crippen molar-refractivity contribution in [2.45, 2.75) is 31.7 Å². The second-order valence-corrected chi connectivity index (χ2v) is 7.55. The summed E-state index contributed by atoms with van der Waals surface area (Å²) < 4.78 is 4.84. The molecule has 0 bridgehead atoms. The van der Waals surface area contributed by atoms with Crippen LogP contribution in [0.5, 0.6) is 0 Å². The largest absolute Gasteiger partial charge is 0.465 e. The number of aryl methyl sites for hydroxylation is 1. The molecule has 0 saturated heterocycles. The Hall–Kier alpha value is -2.26. The van der Waals surface area contributed by atoms with Crippen molar-refractivity contribution in [1.82, 2.24) is 0 Å². The van der Waals surface area contributed by atoms with Gasteiger partial charge in [-0.1, -0.05) is 29.8 Å². The highest BCUT2D eigenvalue weighted by Gasteiger charge is 2.37. The number of allylic oxidation sites excluding steroid dienone is 2. The fraction of sp³-hybridized carbons (Fsp3) is 0.318. The van der Waals surface area contributed by atoms with Crippen LogP contribution < -0.4 is 5.32 Å². The number of benzene rings is 2. The molecule has 0 radical (unpaired) electrons. The second-order valence-electron chi connectivity index (χ2n) is 7.11. The van der Waals surface area contributed by atoms with Crippen molar-refractivity contribution in [3.8, 4) is 0 Å². The molecular formula is C22H22ClNO2. The van der Waals surface area contributed by atoms with Gasteiger partial charge in [-0.3, -0.25) is 0 Å². The summed E-state index contributed by atoms with van der Waals surface area (Å²) in [6.07, 6.45) is 6.83. The van der Waals surface area contributed by atoms with E-state index in [1.807, 2.05) is 18.2 Å². The van der Waals surface area contributed by atoms with Crippen LogP contribution >= 0.6 is 11.6 Å². The maximum absolute atomic E-state index is 11.8. The first-order chi connectivity index (χ1) is 12.6. The molecule has 4 heteroatoms. The molecule has 134 valence electrons. The van der Waals surface area contributed by atoms with E-state index in [1.54, 1.807) is 0 Å². The summed E-state index contributed by atoms with van der Waals surface area (Å²) in [5, 5.41) is 4.51. The summed E-state index contributed by atoms with van der Waals surface area (Å²) in [5.41, 5.74) is 5.36. The van der Waals surface area contributed by atoms with Crippen LogP contribution in [0.4, 0.5) is 5.69 Å². The van der Waals surface area contributed by atoms with Crippen LogP contribution in [0.3, 0.4) is 0 Å². The predicted molar refractivity (Wildman–Crippen MR) is 105 cm³/mol. The van der Waals surface area contributed by atoms with Gasteiger partial charge in [0.05, 0.1) is 18.7 Å². The van der Waals surface area contributed by atoms with E-state index < -0.39 is 0 Å². The minimum atomic E-state index is -0.297. The van der Waals surface area contributed by atoms with Gasteiger partial charge in [0.15, 0.2) is 0 Å². The average molecular weight is 368 g/mol. The molecule has 0 saturated carbocycles. The summed E-state index contributed by atoms with van der Waals surface area (Å²) in [5.74, 6) is 0.534. The highest BCUT2D eigenvalue weighted by Crippen LogP contribution is 2.50. The minimum Gasteiger partial charge on any atom is -0.465 e. The maximum atomic E-state index is 11.8. The Bertz CT molecular complexity index is 890. The Balaban J connectivity index is 1.76. The van der Waals surface area contributed by atoms with Crippen molar-refractivity contribution in [2.75, 3.05) is 12.4 Å². The Morgan fingerprint density at radius 2 is 2.04 bits per heavy atom. The normalized spacial score (nSPS) is 23.6. The van der Waals surface area contributed by atoms with Gasteiger partial charge in [-0.05, 0) is 72.7 Å². The molecule has 1 aliphatic heterocycles. The summed E-state index contributed by atoms with van der Waals surface area (Å²) in [7, 11) is 1.41. The lowest BCUT2D eigenvalue weighted by Crippen LogP contribution is -2.32. The molecule has 3 nitrogen and oxygen atoms in total. The van der Waals surface area contributed by atoms with E-state index in [-0.39, 0.29) is 12.0 Å². The minimum absolute atomic E-state index is 0.213. The molecule has 26 heavy (non-hydrogen) atoms. The Labute approximate surface area is 159 Å². The number of nitrogens with one attached hydrogen (secondary N) is 1. The number of rotatable bonds is 2. The topological polar surface area (TPSA) is 38.3 Å². The molecule has 1 N–H and O–H groups in total. The van der Waals surface area contributed by atoms with E-state index in [4.69, 9.17) is 16.3 Å². The molecule has 2 aliphatic rings. The predicted octanol–water partition coefficient (Wildman–Crippen LogP) is 5.65. The molecule has 1 aliphatic carbocycles. The number of anilines is 1. The Kier molecular flexibility index (Phi) is 4.49. The third-order valence-corrected chi connectivity index (χ3v) is 5.84. The third kappa shape index (κ3) is 2.90. The summed E-state index contributed by atoms with van der Waals surface area (Å²) in [6.45, 7) is 2.06. The number of esters is 1. The molecule has 1 heterocycles. The van der Waals surface area contributed by atoms with E-state index in [0.717, 1.165) is 29.1 Å². The number of halogens is 1. The first kappa shape index (κ1) is 17.2. The zero-order valence-electron chi connectivity index (χ0n) is 15.0. The molecule has 2 aromatic rings. The fourth-order valence-corrected chi connectivity index (χ4v) is 4.54. The average Bonchev–Trinajstić information content (AvgIpc) is 2.67. The summed E-state index contributed by atoms with van der Waals surface area (Å²) in [6, 6.07) is 12.2. The van der Waals surface area contributed by atoms with E-state index >= 15 is 0 Å². The van der Waals surface area contributed by atoms with Crippen LogP contribution in [-0.2, 0) is 4.74 Å². The molecule has 3 atom stereocenters. The first-order valence-corrected chi connectivity index (χ1v) is 9.38. The molecule has 2 aromatic carbocycles. The van der Waals surface area contributed by atoms with Crippen LogP contribution in [0.15, 0.2) is 48.6 Å². The van der Waals surface area contributed by atoms with Gasteiger partial charge in [0, 0.05) is 16.6 Å². The van der Waals surface area contributed by atoms with Crippen LogP contribution in [-0.4, -0.2) is 13.1 Å². The van der Waals surface area contributed by atoms with Gasteiger partial charge in [0.2, 0.25) is 0 Å². The maximum Gasteiger partial charge on any atom is 0.337 e. The highest BCUT2D eigenvalue weighted by atomic mass is 35.5. The summed E-state index contributed by atoms with van der Waals surface area (Å²) in [4.78, 5) is 11.8. The highest BCUT2D eigenvalue weighted by molar-refractivity contribution is 6.30. The molecule has 4 rings (SSSR count). The van der Waals surface area contributed by atoms with Gasteiger partial charge < -0.3 is 10.1 Å². The quantitative estimate of drug-likeness (QED) is 0.550. The van der Waals surface area contributed by atoms with E-state index in [1.165, 1.54) is 18.2 Å². The Morgan fingerprint density at radius 3 is 2.81 bits per heavy atom. The lowest BCUT2D eigenvalue weighted by molar-refractivity contribution is 0.0600. The number of carbonyl (C=O) groups is 1. The zero-order valence-corrected chi connectivity index (χ0v) is 15.7. The van der Waals surface area contributed by atoms with Crippen LogP contribution in [0.2, 0.25) is 5.02 Å². The van der Waals surface area contributed by atoms with Crippen molar-refractivity contribution >= 4 is 23.3 Å². The number of hydrogen-bond acceptors (Lipinski definition) is 3. The van der Waals surface area contributed by atoms with Crippen molar-refractivity contribution in [3.63, 3.8) is 0 Å². The van der Waals surface area contributed by atoms with Crippen molar-refractivity contribution < 1.29 is 9.53 Å². The van der Waals surface area contributed by atoms with E-state index in [2.05, 4.69) is 42.6 Å². The standard InChI is InChI=1S/C22H22ClNO2/c1-13-11-14(22(25)26-2)7-9-16(13)21-18-6-4-3-5-17(18)19-12-15(23)8-10-20(19)24-21/h3,5,7-12,17-18,21,24H,4,6H2,1-2H3/t17-,18+,21-/m1/s1.